The van der Waals surface area contributed by atoms with Crippen LogP contribution in [0, 0.1) is 9.49 Å². The Hall–Kier alpha value is -2.44. The third kappa shape index (κ3) is 8.03. The molecule has 0 aliphatic heterocycles. The number of hydrogen-bond acceptors (Lipinski definition) is 4. The van der Waals surface area contributed by atoms with Gasteiger partial charge in [0.25, 0.3) is 10.0 Å². The number of hydrogen-bond donors (Lipinski definition) is 1. The van der Waals surface area contributed by atoms with Crippen LogP contribution in [0.1, 0.15) is 26.3 Å². The molecule has 0 heterocycles. The van der Waals surface area contributed by atoms with Crippen LogP contribution in [0.5, 0.6) is 0 Å². The second-order valence-corrected chi connectivity index (χ2v) is 13.3. The molecule has 7 nitrogen and oxygen atoms in total. The van der Waals surface area contributed by atoms with Crippen molar-refractivity contribution in [2.24, 2.45) is 5.92 Å². The fourth-order valence-electron chi connectivity index (χ4n) is 3.68. The van der Waals surface area contributed by atoms with Crippen LogP contribution in [0.4, 0.5) is 5.69 Å². The zero-order valence-corrected chi connectivity index (χ0v) is 26.0. The quantitative estimate of drug-likeness (QED) is 0.269. The molecule has 0 saturated heterocycles. The lowest BCUT2D eigenvalue weighted by molar-refractivity contribution is -0.139. The Bertz CT molecular complexity index is 1330. The molecule has 3 aromatic carbocycles. The highest BCUT2D eigenvalue weighted by molar-refractivity contribution is 14.1. The van der Waals surface area contributed by atoms with Crippen molar-refractivity contribution in [2.45, 2.75) is 38.3 Å². The first-order valence-corrected chi connectivity index (χ1v) is 15.4. The van der Waals surface area contributed by atoms with E-state index in [1.807, 2.05) is 38.1 Å². The fourth-order valence-corrected chi connectivity index (χ4v) is 5.74. The van der Waals surface area contributed by atoms with Crippen molar-refractivity contribution < 1.29 is 18.0 Å². The van der Waals surface area contributed by atoms with Crippen molar-refractivity contribution in [3.05, 3.63) is 92.5 Å². The Balaban J connectivity index is 1.98. The van der Waals surface area contributed by atoms with Gasteiger partial charge in [0, 0.05) is 21.1 Å². The van der Waals surface area contributed by atoms with E-state index < -0.39 is 28.5 Å². The largest absolute Gasteiger partial charge is 0.354 e. The lowest BCUT2D eigenvalue weighted by Crippen LogP contribution is -2.51. The molecular weight excluding hydrogens is 681 g/mol. The molecule has 3 aromatic rings. The molecule has 1 unspecified atom stereocenters. The van der Waals surface area contributed by atoms with Gasteiger partial charge in [0.1, 0.15) is 12.6 Å². The van der Waals surface area contributed by atoms with Crippen molar-refractivity contribution in [3.63, 3.8) is 0 Å². The highest BCUT2D eigenvalue weighted by Gasteiger charge is 2.32. The molecule has 38 heavy (non-hydrogen) atoms. The summed E-state index contributed by atoms with van der Waals surface area (Å²) in [7, 11) is -4.06. The van der Waals surface area contributed by atoms with Crippen LogP contribution < -0.4 is 9.62 Å². The standard InChI is InChI=1S/C28H31BrIN3O4S/c1-20(2)17-31-28(35)21(3)32(18-22-9-11-23(29)12-10-22)27(34)19-33(25-15-13-24(30)14-16-25)38(36,37)26-7-5-4-6-8-26/h4-16,20-21H,17-19H2,1-3H3,(H,31,35). The summed E-state index contributed by atoms with van der Waals surface area (Å²) >= 11 is 5.56. The maximum absolute atomic E-state index is 13.9. The summed E-state index contributed by atoms with van der Waals surface area (Å²) in [6.07, 6.45) is 0. The van der Waals surface area contributed by atoms with E-state index in [-0.39, 0.29) is 23.3 Å². The Labute approximate surface area is 246 Å². The number of carbonyl (C=O) groups is 2. The molecular formula is C28H31BrIN3O4S. The van der Waals surface area contributed by atoms with E-state index in [2.05, 4.69) is 43.8 Å². The van der Waals surface area contributed by atoms with Crippen LogP contribution in [0.25, 0.3) is 0 Å². The summed E-state index contributed by atoms with van der Waals surface area (Å²) in [5.74, 6) is -0.539. The lowest BCUT2D eigenvalue weighted by Gasteiger charge is -2.32. The number of anilines is 1. The summed E-state index contributed by atoms with van der Waals surface area (Å²) < 4.78 is 30.4. The molecule has 1 atom stereocenters. The first-order valence-electron chi connectivity index (χ1n) is 12.1. The molecule has 2 amide bonds. The number of nitrogens with one attached hydrogen (secondary N) is 1. The van der Waals surface area contributed by atoms with Crippen molar-refractivity contribution >= 4 is 66.0 Å². The van der Waals surface area contributed by atoms with Crippen LogP contribution in [-0.4, -0.2) is 44.3 Å². The smallest absolute Gasteiger partial charge is 0.264 e. The van der Waals surface area contributed by atoms with Gasteiger partial charge in [-0.3, -0.25) is 13.9 Å². The Morgan fingerprint density at radius 1 is 0.921 bits per heavy atom. The highest BCUT2D eigenvalue weighted by atomic mass is 127. The topological polar surface area (TPSA) is 86.8 Å². The van der Waals surface area contributed by atoms with Crippen LogP contribution in [-0.2, 0) is 26.2 Å². The van der Waals surface area contributed by atoms with Crippen LogP contribution in [0.3, 0.4) is 0 Å². The van der Waals surface area contributed by atoms with Crippen LogP contribution in [0.15, 0.2) is 88.2 Å². The normalized spacial score (nSPS) is 12.2. The predicted octanol–water partition coefficient (Wildman–Crippen LogP) is 5.44. The van der Waals surface area contributed by atoms with Gasteiger partial charge in [0.2, 0.25) is 11.8 Å². The summed E-state index contributed by atoms with van der Waals surface area (Å²) in [5, 5.41) is 2.89. The average molecular weight is 712 g/mol. The van der Waals surface area contributed by atoms with Gasteiger partial charge in [-0.2, -0.15) is 0 Å². The molecule has 10 heteroatoms. The maximum atomic E-state index is 13.9. The van der Waals surface area contributed by atoms with Crippen molar-refractivity contribution in [1.82, 2.24) is 10.2 Å². The number of carbonyl (C=O) groups excluding carboxylic acids is 2. The van der Waals surface area contributed by atoms with E-state index in [9.17, 15) is 18.0 Å². The van der Waals surface area contributed by atoms with Gasteiger partial charge in [0.15, 0.2) is 0 Å². The molecule has 0 aliphatic rings. The van der Waals surface area contributed by atoms with E-state index in [1.165, 1.54) is 17.0 Å². The number of sulfonamides is 1. The molecule has 3 rings (SSSR count). The van der Waals surface area contributed by atoms with Gasteiger partial charge < -0.3 is 10.2 Å². The van der Waals surface area contributed by atoms with E-state index in [4.69, 9.17) is 0 Å². The van der Waals surface area contributed by atoms with Gasteiger partial charge in [-0.1, -0.05) is 60.1 Å². The second kappa shape index (κ2) is 13.6. The number of amides is 2. The minimum atomic E-state index is -4.06. The average Bonchev–Trinajstić information content (AvgIpc) is 2.90. The first-order chi connectivity index (χ1) is 18.0. The van der Waals surface area contributed by atoms with Crippen LogP contribution >= 0.6 is 38.5 Å². The molecule has 0 bridgehead atoms. The van der Waals surface area contributed by atoms with Gasteiger partial charge in [-0.05, 0) is 89.5 Å². The van der Waals surface area contributed by atoms with Gasteiger partial charge in [-0.25, -0.2) is 8.42 Å². The Morgan fingerprint density at radius 3 is 2.11 bits per heavy atom. The zero-order valence-electron chi connectivity index (χ0n) is 21.5. The molecule has 0 aliphatic carbocycles. The van der Waals surface area contributed by atoms with Crippen LogP contribution in [0.2, 0.25) is 0 Å². The minimum Gasteiger partial charge on any atom is -0.354 e. The van der Waals surface area contributed by atoms with Gasteiger partial charge >= 0.3 is 0 Å². The van der Waals surface area contributed by atoms with E-state index in [1.54, 1.807) is 49.4 Å². The summed E-state index contributed by atoms with van der Waals surface area (Å²) in [6.45, 7) is 5.80. The zero-order chi connectivity index (χ0) is 27.9. The molecule has 1 N–H and O–H groups in total. The summed E-state index contributed by atoms with van der Waals surface area (Å²) in [4.78, 5) is 28.4. The predicted molar refractivity (Wildman–Crippen MR) is 162 cm³/mol. The third-order valence-corrected chi connectivity index (χ3v) is 8.88. The Morgan fingerprint density at radius 2 is 1.53 bits per heavy atom. The van der Waals surface area contributed by atoms with E-state index in [0.29, 0.717) is 12.2 Å². The number of benzene rings is 3. The summed E-state index contributed by atoms with van der Waals surface area (Å²) in [5.41, 5.74) is 1.18. The molecule has 202 valence electrons. The van der Waals surface area contributed by atoms with Gasteiger partial charge in [0.05, 0.1) is 10.6 Å². The molecule has 0 spiro atoms. The summed E-state index contributed by atoms with van der Waals surface area (Å²) in [6, 6.07) is 21.6. The number of rotatable bonds is 11. The third-order valence-electron chi connectivity index (χ3n) is 5.84. The molecule has 0 radical (unpaired) electrons. The van der Waals surface area contributed by atoms with E-state index in [0.717, 1.165) is 17.9 Å². The van der Waals surface area contributed by atoms with Crippen molar-refractivity contribution in [3.8, 4) is 0 Å². The fraction of sp³-hybridized carbons (Fsp3) is 0.286. The SMILES string of the molecule is CC(C)CNC(=O)C(C)N(Cc1ccc(Br)cc1)C(=O)CN(c1ccc(I)cc1)S(=O)(=O)c1ccccc1. The molecule has 0 fully saturated rings. The first kappa shape index (κ1) is 30.1. The highest BCUT2D eigenvalue weighted by Crippen LogP contribution is 2.25. The number of nitrogens with zero attached hydrogens (tertiary/aromatic N) is 2. The monoisotopic (exact) mass is 711 g/mol. The Kier molecular flexibility index (Phi) is 10.8. The lowest BCUT2D eigenvalue weighted by atomic mass is 10.1. The van der Waals surface area contributed by atoms with E-state index >= 15 is 0 Å². The molecule has 0 saturated carbocycles. The maximum Gasteiger partial charge on any atom is 0.264 e. The second-order valence-electron chi connectivity index (χ2n) is 9.26. The molecule has 0 aromatic heterocycles. The van der Waals surface area contributed by atoms with Gasteiger partial charge in [-0.15, -0.1) is 0 Å². The van der Waals surface area contributed by atoms with Crippen molar-refractivity contribution in [1.29, 1.82) is 0 Å². The van der Waals surface area contributed by atoms with Crippen molar-refractivity contribution in [2.75, 3.05) is 17.4 Å². The minimum absolute atomic E-state index is 0.0773. The number of halogens is 2.